The van der Waals surface area contributed by atoms with Crippen LogP contribution in [0.3, 0.4) is 0 Å². The highest BCUT2D eigenvalue weighted by atomic mass is 32.2. The van der Waals surface area contributed by atoms with Crippen LogP contribution < -0.4 is 5.43 Å². The number of hydrogen-bond donors (Lipinski definition) is 2. The van der Waals surface area contributed by atoms with E-state index in [-0.39, 0.29) is 22.8 Å². The van der Waals surface area contributed by atoms with Gasteiger partial charge in [-0.25, -0.2) is 5.43 Å². The molecule has 39 heavy (non-hydrogen) atoms. The molecule has 4 rings (SSSR count). The molecule has 0 aliphatic carbocycles. The third-order valence-electron chi connectivity index (χ3n) is 6.17. The van der Waals surface area contributed by atoms with E-state index < -0.39 is 0 Å². The van der Waals surface area contributed by atoms with E-state index in [9.17, 15) is 9.90 Å². The minimum Gasteiger partial charge on any atom is -0.507 e. The Labute approximate surface area is 233 Å². The monoisotopic (exact) mass is 539 g/mol. The molecule has 3 aromatic carbocycles. The van der Waals surface area contributed by atoms with Crippen LogP contribution in [0.5, 0.6) is 5.75 Å². The van der Waals surface area contributed by atoms with Gasteiger partial charge in [0.2, 0.25) is 0 Å². The van der Waals surface area contributed by atoms with Gasteiger partial charge >= 0.3 is 0 Å². The summed E-state index contributed by atoms with van der Waals surface area (Å²) in [6, 6.07) is 21.8. The van der Waals surface area contributed by atoms with Gasteiger partial charge in [0, 0.05) is 16.8 Å². The van der Waals surface area contributed by atoms with Crippen molar-refractivity contribution >= 4 is 23.9 Å². The zero-order chi connectivity index (χ0) is 28.0. The van der Waals surface area contributed by atoms with Crippen molar-refractivity contribution < 1.29 is 9.90 Å². The SMILES string of the molecule is C=CCc1cccc(/C=N/NC(=O)CSc2nnc(-c3ccc(C(C)(C)C)cc3)n2-c2ccc(C)cc2)c1O. The average Bonchev–Trinajstić information content (AvgIpc) is 3.33. The molecule has 1 amide bonds. The van der Waals surface area contributed by atoms with E-state index in [0.29, 0.717) is 23.0 Å². The number of benzene rings is 3. The fourth-order valence-corrected chi connectivity index (χ4v) is 4.71. The number of nitrogens with one attached hydrogen (secondary N) is 1. The van der Waals surface area contributed by atoms with E-state index in [1.807, 2.05) is 47.9 Å². The molecule has 0 bridgehead atoms. The number of aromatic nitrogens is 3. The van der Waals surface area contributed by atoms with E-state index in [2.05, 4.69) is 72.3 Å². The van der Waals surface area contributed by atoms with E-state index in [0.717, 1.165) is 22.4 Å². The summed E-state index contributed by atoms with van der Waals surface area (Å²) >= 11 is 1.28. The number of nitrogens with zero attached hydrogens (tertiary/aromatic N) is 4. The van der Waals surface area contributed by atoms with Crippen LogP contribution in [0.4, 0.5) is 0 Å². The number of rotatable bonds is 9. The van der Waals surface area contributed by atoms with Crippen molar-refractivity contribution in [2.24, 2.45) is 5.10 Å². The number of carbonyl (C=O) groups excluding carboxylic acids is 1. The summed E-state index contributed by atoms with van der Waals surface area (Å²) in [5.74, 6) is 0.619. The number of aromatic hydroxyl groups is 1. The lowest BCUT2D eigenvalue weighted by molar-refractivity contribution is -0.118. The van der Waals surface area contributed by atoms with Crippen LogP contribution in [0.2, 0.25) is 0 Å². The van der Waals surface area contributed by atoms with Gasteiger partial charge in [-0.05, 0) is 48.1 Å². The summed E-state index contributed by atoms with van der Waals surface area (Å²) in [6.07, 6.45) is 3.69. The third-order valence-corrected chi connectivity index (χ3v) is 7.10. The van der Waals surface area contributed by atoms with E-state index >= 15 is 0 Å². The van der Waals surface area contributed by atoms with Crippen molar-refractivity contribution in [3.8, 4) is 22.8 Å². The minimum absolute atomic E-state index is 0.0488. The van der Waals surface area contributed by atoms with E-state index in [1.165, 1.54) is 23.5 Å². The number of hydrogen-bond acceptors (Lipinski definition) is 6. The Hall–Kier alpha value is -4.17. The predicted molar refractivity (Wildman–Crippen MR) is 159 cm³/mol. The second-order valence-corrected chi connectivity index (χ2v) is 11.2. The van der Waals surface area contributed by atoms with Gasteiger partial charge in [-0.15, -0.1) is 16.8 Å². The Morgan fingerprint density at radius 1 is 1.08 bits per heavy atom. The molecule has 200 valence electrons. The molecule has 1 aromatic heterocycles. The van der Waals surface area contributed by atoms with Crippen LogP contribution in [0.15, 0.2) is 89.6 Å². The van der Waals surface area contributed by atoms with Crippen LogP contribution in [-0.2, 0) is 16.6 Å². The Bertz CT molecular complexity index is 1480. The van der Waals surface area contributed by atoms with Crippen LogP contribution >= 0.6 is 11.8 Å². The molecule has 0 fully saturated rings. The molecule has 0 unspecified atom stereocenters. The quantitative estimate of drug-likeness (QED) is 0.114. The van der Waals surface area contributed by atoms with Gasteiger partial charge in [0.05, 0.1) is 12.0 Å². The largest absolute Gasteiger partial charge is 0.507 e. The molecular weight excluding hydrogens is 506 g/mol. The summed E-state index contributed by atoms with van der Waals surface area (Å²) in [6.45, 7) is 12.3. The molecule has 1 heterocycles. The Kier molecular flexibility index (Phi) is 8.66. The number of amides is 1. The first-order valence-corrected chi connectivity index (χ1v) is 13.7. The van der Waals surface area contributed by atoms with Gasteiger partial charge in [0.25, 0.3) is 5.91 Å². The van der Waals surface area contributed by atoms with Crippen LogP contribution in [0.1, 0.15) is 43.0 Å². The normalized spacial score (nSPS) is 11.6. The number of thioether (sulfide) groups is 1. The molecule has 7 nitrogen and oxygen atoms in total. The maximum absolute atomic E-state index is 12.6. The van der Waals surface area contributed by atoms with Crippen molar-refractivity contribution in [1.29, 1.82) is 0 Å². The van der Waals surface area contributed by atoms with Crippen molar-refractivity contribution in [1.82, 2.24) is 20.2 Å². The standard InChI is InChI=1S/C31H33N5O2S/c1-6-8-22-9-7-10-24(28(22)38)19-32-33-27(37)20-39-30-35-34-29(36(30)26-17-11-21(2)12-18-26)23-13-15-25(16-14-23)31(3,4)5/h6-7,9-19,38H,1,8,20H2,2-5H3,(H,33,37)/b32-19+. The highest BCUT2D eigenvalue weighted by Gasteiger charge is 2.19. The smallest absolute Gasteiger partial charge is 0.250 e. The van der Waals surface area contributed by atoms with Gasteiger partial charge < -0.3 is 5.11 Å². The van der Waals surface area contributed by atoms with Crippen LogP contribution in [0.25, 0.3) is 17.1 Å². The van der Waals surface area contributed by atoms with Gasteiger partial charge in [-0.1, -0.05) is 92.7 Å². The highest BCUT2D eigenvalue weighted by Crippen LogP contribution is 2.30. The summed E-state index contributed by atoms with van der Waals surface area (Å²) in [7, 11) is 0. The molecule has 0 atom stereocenters. The van der Waals surface area contributed by atoms with Gasteiger partial charge in [-0.3, -0.25) is 9.36 Å². The Morgan fingerprint density at radius 2 is 1.79 bits per heavy atom. The van der Waals surface area contributed by atoms with Gasteiger partial charge in [0.15, 0.2) is 11.0 Å². The van der Waals surface area contributed by atoms with Gasteiger partial charge in [0.1, 0.15) is 5.75 Å². The molecule has 8 heteroatoms. The number of allylic oxidation sites excluding steroid dienone is 1. The molecule has 2 N–H and O–H groups in total. The maximum atomic E-state index is 12.6. The molecule has 0 aliphatic heterocycles. The first kappa shape index (κ1) is 27.9. The third kappa shape index (κ3) is 6.83. The lowest BCUT2D eigenvalue weighted by atomic mass is 9.87. The second-order valence-electron chi connectivity index (χ2n) is 10.2. The molecule has 0 saturated heterocycles. The molecule has 0 saturated carbocycles. The second kappa shape index (κ2) is 12.1. The summed E-state index contributed by atoms with van der Waals surface area (Å²) in [4.78, 5) is 12.6. The van der Waals surface area contributed by atoms with Crippen LogP contribution in [-0.4, -0.2) is 37.7 Å². The fraction of sp³-hybridized carbons (Fsp3) is 0.226. The maximum Gasteiger partial charge on any atom is 0.250 e. The van der Waals surface area contributed by atoms with Crippen molar-refractivity contribution in [2.75, 3.05) is 5.75 Å². The van der Waals surface area contributed by atoms with E-state index in [1.54, 1.807) is 12.1 Å². The van der Waals surface area contributed by atoms with Crippen molar-refractivity contribution in [3.05, 3.63) is 102 Å². The minimum atomic E-state index is -0.299. The lowest BCUT2D eigenvalue weighted by Gasteiger charge is -2.19. The van der Waals surface area contributed by atoms with Crippen LogP contribution in [0, 0.1) is 6.92 Å². The number of hydrazone groups is 1. The van der Waals surface area contributed by atoms with Crippen molar-refractivity contribution in [2.45, 2.75) is 44.7 Å². The Balaban J connectivity index is 1.52. The first-order chi connectivity index (χ1) is 18.7. The number of phenols is 1. The molecule has 0 aliphatic rings. The zero-order valence-electron chi connectivity index (χ0n) is 22.7. The summed E-state index contributed by atoms with van der Waals surface area (Å²) in [5.41, 5.74) is 8.08. The fourth-order valence-electron chi connectivity index (χ4n) is 3.97. The molecular formula is C31H33N5O2S. The molecule has 0 spiro atoms. The summed E-state index contributed by atoms with van der Waals surface area (Å²) < 4.78 is 1.97. The number of aryl methyl sites for hydroxylation is 1. The molecule has 4 aromatic rings. The molecule has 0 radical (unpaired) electrons. The number of phenolic OH excluding ortho intramolecular Hbond substituents is 1. The predicted octanol–water partition coefficient (Wildman–Crippen LogP) is 6.22. The zero-order valence-corrected chi connectivity index (χ0v) is 23.5. The first-order valence-electron chi connectivity index (χ1n) is 12.7. The lowest BCUT2D eigenvalue weighted by Crippen LogP contribution is -2.20. The highest BCUT2D eigenvalue weighted by molar-refractivity contribution is 7.99. The Morgan fingerprint density at radius 3 is 2.46 bits per heavy atom. The van der Waals surface area contributed by atoms with E-state index in [4.69, 9.17) is 0 Å². The number of para-hydroxylation sites is 1. The summed E-state index contributed by atoms with van der Waals surface area (Å²) in [5, 5.41) is 23.9. The number of carbonyl (C=O) groups is 1. The topological polar surface area (TPSA) is 92.4 Å². The van der Waals surface area contributed by atoms with Gasteiger partial charge in [-0.2, -0.15) is 5.10 Å². The average molecular weight is 540 g/mol. The van der Waals surface area contributed by atoms with Crippen molar-refractivity contribution in [3.63, 3.8) is 0 Å².